The summed E-state index contributed by atoms with van der Waals surface area (Å²) in [7, 11) is 0. The van der Waals surface area contributed by atoms with E-state index in [2.05, 4.69) is 97.9 Å². The van der Waals surface area contributed by atoms with Gasteiger partial charge in [0, 0.05) is 4.90 Å². The van der Waals surface area contributed by atoms with E-state index in [0.29, 0.717) is 5.25 Å². The molecule has 3 aromatic carbocycles. The number of thioether (sulfide) groups is 1. The number of benzene rings is 3. The van der Waals surface area contributed by atoms with Crippen LogP contribution in [-0.2, 0) is 0 Å². The van der Waals surface area contributed by atoms with Crippen LogP contribution >= 0.6 is 11.8 Å². The van der Waals surface area contributed by atoms with E-state index in [1.165, 1.54) is 21.6 Å². The predicted octanol–water partition coefficient (Wildman–Crippen LogP) is 6.54. The van der Waals surface area contributed by atoms with Gasteiger partial charge in [-0.05, 0) is 30.2 Å². The highest BCUT2D eigenvalue weighted by molar-refractivity contribution is 7.99. The molecule has 0 amide bonds. The largest absolute Gasteiger partial charge is 0.114 e. The van der Waals surface area contributed by atoms with Crippen LogP contribution in [0.1, 0.15) is 21.9 Å². The summed E-state index contributed by atoms with van der Waals surface area (Å²) in [5, 5.41) is 0.305. The zero-order chi connectivity index (χ0) is 15.9. The lowest BCUT2D eigenvalue weighted by molar-refractivity contribution is 1.22. The van der Waals surface area contributed by atoms with E-state index in [0.717, 1.165) is 0 Å². The predicted molar refractivity (Wildman–Crippen MR) is 102 cm³/mol. The Balaban J connectivity index is 1.85. The van der Waals surface area contributed by atoms with Crippen molar-refractivity contribution in [1.29, 1.82) is 0 Å². The van der Waals surface area contributed by atoms with Gasteiger partial charge in [-0.2, -0.15) is 0 Å². The Morgan fingerprint density at radius 2 is 1.35 bits per heavy atom. The molecule has 0 N–H and O–H groups in total. The Bertz CT molecular complexity index is 743. The summed E-state index contributed by atoms with van der Waals surface area (Å²) in [6, 6.07) is 29.9. The summed E-state index contributed by atoms with van der Waals surface area (Å²) >= 11 is 1.88. The summed E-state index contributed by atoms with van der Waals surface area (Å²) in [5.74, 6) is 0. The van der Waals surface area contributed by atoms with Crippen LogP contribution in [0.15, 0.2) is 95.9 Å². The van der Waals surface area contributed by atoms with Gasteiger partial charge in [0.2, 0.25) is 0 Å². The van der Waals surface area contributed by atoms with Gasteiger partial charge in [-0.1, -0.05) is 90.5 Å². The van der Waals surface area contributed by atoms with E-state index in [4.69, 9.17) is 0 Å². The Hall–Kier alpha value is -2.25. The van der Waals surface area contributed by atoms with Crippen molar-refractivity contribution in [2.24, 2.45) is 0 Å². The van der Waals surface area contributed by atoms with E-state index in [9.17, 15) is 0 Å². The smallest absolute Gasteiger partial charge is 0.0527 e. The van der Waals surface area contributed by atoms with Crippen LogP contribution in [0.4, 0.5) is 0 Å². The molecule has 0 aliphatic rings. The van der Waals surface area contributed by atoms with Crippen molar-refractivity contribution in [1.82, 2.24) is 0 Å². The minimum Gasteiger partial charge on any atom is -0.114 e. The molecule has 0 heterocycles. The van der Waals surface area contributed by atoms with Gasteiger partial charge in [0.1, 0.15) is 0 Å². The molecule has 0 aliphatic heterocycles. The van der Waals surface area contributed by atoms with E-state index in [1.54, 1.807) is 0 Å². The van der Waals surface area contributed by atoms with Gasteiger partial charge in [-0.15, -0.1) is 11.8 Å². The van der Waals surface area contributed by atoms with Crippen molar-refractivity contribution in [3.8, 4) is 0 Å². The van der Waals surface area contributed by atoms with Crippen LogP contribution in [0.5, 0.6) is 0 Å². The monoisotopic (exact) mass is 316 g/mol. The van der Waals surface area contributed by atoms with Crippen molar-refractivity contribution in [2.75, 3.05) is 0 Å². The van der Waals surface area contributed by atoms with Crippen LogP contribution in [0.2, 0.25) is 0 Å². The molecule has 1 atom stereocenters. The lowest BCUT2D eigenvalue weighted by atomic mass is 10.1. The molecule has 0 aliphatic carbocycles. The number of aryl methyl sites for hydroxylation is 1. The van der Waals surface area contributed by atoms with Crippen LogP contribution < -0.4 is 0 Å². The molecule has 0 fully saturated rings. The number of rotatable bonds is 5. The fourth-order valence-electron chi connectivity index (χ4n) is 2.39. The maximum absolute atomic E-state index is 2.29. The summed E-state index contributed by atoms with van der Waals surface area (Å²) in [5.41, 5.74) is 3.86. The zero-order valence-electron chi connectivity index (χ0n) is 13.2. The lowest BCUT2D eigenvalue weighted by Gasteiger charge is -2.13. The lowest BCUT2D eigenvalue weighted by Crippen LogP contribution is -1.90. The van der Waals surface area contributed by atoms with E-state index < -0.39 is 0 Å². The highest BCUT2D eigenvalue weighted by Gasteiger charge is 2.09. The third-order valence-electron chi connectivity index (χ3n) is 3.68. The van der Waals surface area contributed by atoms with E-state index >= 15 is 0 Å². The Morgan fingerprint density at radius 1 is 0.739 bits per heavy atom. The molecule has 0 nitrogen and oxygen atoms in total. The fraction of sp³-hybridized carbons (Fsp3) is 0.0909. The van der Waals surface area contributed by atoms with Crippen LogP contribution in [0.3, 0.4) is 0 Å². The van der Waals surface area contributed by atoms with Crippen molar-refractivity contribution in [2.45, 2.75) is 17.1 Å². The maximum Gasteiger partial charge on any atom is 0.0527 e. The normalized spacial score (nSPS) is 12.4. The first-order chi connectivity index (χ1) is 11.3. The Kier molecular flexibility index (Phi) is 5.33. The quantitative estimate of drug-likeness (QED) is 0.481. The minimum atomic E-state index is 0.305. The second-order valence-corrected chi connectivity index (χ2v) is 6.75. The van der Waals surface area contributed by atoms with E-state index in [1.807, 2.05) is 17.8 Å². The molecule has 114 valence electrons. The highest BCUT2D eigenvalue weighted by Crippen LogP contribution is 2.36. The number of hydrogen-bond donors (Lipinski definition) is 0. The third-order valence-corrected chi connectivity index (χ3v) is 4.90. The summed E-state index contributed by atoms with van der Waals surface area (Å²) < 4.78 is 0. The van der Waals surface area contributed by atoms with Crippen molar-refractivity contribution in [3.05, 3.63) is 108 Å². The van der Waals surface area contributed by atoms with Crippen molar-refractivity contribution < 1.29 is 0 Å². The minimum absolute atomic E-state index is 0.305. The molecule has 3 rings (SSSR count). The van der Waals surface area contributed by atoms with E-state index in [-0.39, 0.29) is 0 Å². The molecule has 0 radical (unpaired) electrons. The Labute approximate surface area is 142 Å². The first-order valence-corrected chi connectivity index (χ1v) is 8.71. The molecule has 1 heteroatoms. The Morgan fingerprint density at radius 3 is 2.00 bits per heavy atom. The van der Waals surface area contributed by atoms with Gasteiger partial charge in [-0.25, -0.2) is 0 Å². The standard InChI is InChI=1S/C22H20S/c1-18-12-15-21(16-13-18)23-22(20-10-6-3-7-11-20)17-14-19-8-4-2-5-9-19/h2-17,22H,1H3/b17-14+. The third kappa shape index (κ3) is 4.61. The van der Waals surface area contributed by atoms with Gasteiger partial charge < -0.3 is 0 Å². The van der Waals surface area contributed by atoms with Crippen LogP contribution in [-0.4, -0.2) is 0 Å². The zero-order valence-corrected chi connectivity index (χ0v) is 14.0. The van der Waals surface area contributed by atoms with Gasteiger partial charge in [0.25, 0.3) is 0 Å². The van der Waals surface area contributed by atoms with Gasteiger partial charge >= 0.3 is 0 Å². The molecule has 0 saturated carbocycles. The molecule has 0 bridgehead atoms. The molecule has 23 heavy (non-hydrogen) atoms. The molecule has 0 saturated heterocycles. The van der Waals surface area contributed by atoms with Crippen molar-refractivity contribution >= 4 is 17.8 Å². The van der Waals surface area contributed by atoms with Gasteiger partial charge in [-0.3, -0.25) is 0 Å². The van der Waals surface area contributed by atoms with Crippen LogP contribution in [0.25, 0.3) is 6.08 Å². The number of hydrogen-bond acceptors (Lipinski definition) is 1. The second kappa shape index (κ2) is 7.85. The first kappa shape index (κ1) is 15.6. The highest BCUT2D eigenvalue weighted by atomic mass is 32.2. The topological polar surface area (TPSA) is 0 Å². The molecule has 1 unspecified atom stereocenters. The maximum atomic E-state index is 2.29. The summed E-state index contributed by atoms with van der Waals surface area (Å²) in [4.78, 5) is 1.29. The SMILES string of the molecule is Cc1ccc(SC(/C=C/c2ccccc2)c2ccccc2)cc1. The van der Waals surface area contributed by atoms with Gasteiger partial charge in [0.05, 0.1) is 5.25 Å². The summed E-state index contributed by atoms with van der Waals surface area (Å²) in [6.45, 7) is 2.12. The molecule has 0 aromatic heterocycles. The molecular formula is C22H20S. The fourth-order valence-corrected chi connectivity index (χ4v) is 3.42. The molecule has 3 aromatic rings. The molecular weight excluding hydrogens is 296 g/mol. The average molecular weight is 316 g/mol. The first-order valence-electron chi connectivity index (χ1n) is 7.83. The van der Waals surface area contributed by atoms with Crippen molar-refractivity contribution in [3.63, 3.8) is 0 Å². The summed E-state index contributed by atoms with van der Waals surface area (Å²) in [6.07, 6.45) is 4.49. The molecule has 0 spiro atoms. The van der Waals surface area contributed by atoms with Crippen LogP contribution in [0, 0.1) is 6.92 Å². The second-order valence-electron chi connectivity index (χ2n) is 5.53. The van der Waals surface area contributed by atoms with Gasteiger partial charge in [0.15, 0.2) is 0 Å². The average Bonchev–Trinajstić information content (AvgIpc) is 2.62.